The van der Waals surface area contributed by atoms with Gasteiger partial charge in [-0.05, 0) is 105 Å². The van der Waals surface area contributed by atoms with E-state index in [2.05, 4.69) is 107 Å². The van der Waals surface area contributed by atoms with Crippen molar-refractivity contribution in [3.05, 3.63) is 206 Å². The molecule has 9 rings (SSSR count). The fourth-order valence-corrected chi connectivity index (χ4v) is 7.85. The number of anilines is 5. The molecule has 0 aliphatic carbocycles. The number of hydrogen-bond acceptors (Lipinski definition) is 5. The summed E-state index contributed by atoms with van der Waals surface area (Å²) in [6, 6.07) is 60.5. The van der Waals surface area contributed by atoms with Crippen molar-refractivity contribution in [1.82, 2.24) is 4.98 Å². The molecule has 1 heterocycles. The van der Waals surface area contributed by atoms with E-state index in [1.54, 1.807) is 6.20 Å². The number of hydrogen-bond donors (Lipinski definition) is 0. The number of allylic oxidation sites excluding steroid dienone is 3. The molecule has 8 aromatic carbocycles. The lowest BCUT2D eigenvalue weighted by Crippen LogP contribution is -2.13. The third-order valence-electron chi connectivity index (χ3n) is 10.5. The minimum Gasteiger partial charge on any atom is -0.315 e. The van der Waals surface area contributed by atoms with Crippen LogP contribution in [0.3, 0.4) is 0 Å². The Kier molecular flexibility index (Phi) is 9.17. The second-order valence-electron chi connectivity index (χ2n) is 13.8. The van der Waals surface area contributed by atoms with Crippen LogP contribution in [0.1, 0.15) is 18.1 Å². The molecule has 1 aromatic heterocycles. The van der Waals surface area contributed by atoms with E-state index in [9.17, 15) is 10.5 Å². The van der Waals surface area contributed by atoms with Crippen molar-refractivity contribution in [2.45, 2.75) is 6.92 Å². The molecule has 0 spiro atoms. The third-order valence-corrected chi connectivity index (χ3v) is 10.5. The van der Waals surface area contributed by atoms with Gasteiger partial charge in [0.25, 0.3) is 0 Å². The van der Waals surface area contributed by atoms with E-state index in [0.717, 1.165) is 77.3 Å². The van der Waals surface area contributed by atoms with Crippen LogP contribution < -0.4 is 9.80 Å². The summed E-state index contributed by atoms with van der Waals surface area (Å²) in [6.45, 7) is 1.99. The van der Waals surface area contributed by atoms with Gasteiger partial charge in [-0.25, -0.2) is 4.98 Å². The van der Waals surface area contributed by atoms with Crippen molar-refractivity contribution in [3.8, 4) is 34.4 Å². The van der Waals surface area contributed by atoms with Gasteiger partial charge in [-0.15, -0.1) is 0 Å². The van der Waals surface area contributed by atoms with Crippen LogP contribution in [0.2, 0.25) is 0 Å². The minimum atomic E-state index is 0.546. The van der Waals surface area contributed by atoms with E-state index in [0.29, 0.717) is 16.9 Å². The topological polar surface area (TPSA) is 67.0 Å². The molecule has 0 aliphatic rings. The van der Waals surface area contributed by atoms with Crippen molar-refractivity contribution in [3.63, 3.8) is 0 Å². The molecule has 0 N–H and O–H groups in total. The van der Waals surface area contributed by atoms with Gasteiger partial charge in [-0.2, -0.15) is 10.5 Å². The highest BCUT2D eigenvalue weighted by Gasteiger charge is 2.23. The number of aromatic nitrogens is 1. The lowest BCUT2D eigenvalue weighted by Gasteiger charge is -2.28. The van der Waals surface area contributed by atoms with E-state index in [1.165, 1.54) is 0 Å². The van der Waals surface area contributed by atoms with Gasteiger partial charge in [0.15, 0.2) is 0 Å². The zero-order chi connectivity index (χ0) is 38.7. The van der Waals surface area contributed by atoms with Crippen LogP contribution in [0.4, 0.5) is 28.6 Å². The minimum absolute atomic E-state index is 0.546. The van der Waals surface area contributed by atoms with Crippen molar-refractivity contribution >= 4 is 60.9 Å². The summed E-state index contributed by atoms with van der Waals surface area (Å²) < 4.78 is 0. The molecule has 5 nitrogen and oxygen atoms in total. The molecule has 0 aliphatic heterocycles. The quantitative estimate of drug-likeness (QED) is 0.109. The lowest BCUT2D eigenvalue weighted by atomic mass is 9.91. The molecule has 0 saturated carbocycles. The summed E-state index contributed by atoms with van der Waals surface area (Å²) in [5, 5.41) is 27.7. The third kappa shape index (κ3) is 6.30. The summed E-state index contributed by atoms with van der Waals surface area (Å²) in [7, 11) is 0. The summed E-state index contributed by atoms with van der Waals surface area (Å²) in [5.41, 5.74) is 8.60. The van der Waals surface area contributed by atoms with Gasteiger partial charge >= 0.3 is 0 Å². The highest BCUT2D eigenvalue weighted by atomic mass is 15.2. The van der Waals surface area contributed by atoms with E-state index >= 15 is 0 Å². The number of benzene rings is 8. The number of nitrogens with zero attached hydrogens (tertiary/aromatic N) is 5. The van der Waals surface area contributed by atoms with Gasteiger partial charge in [-0.1, -0.05) is 127 Å². The zero-order valence-electron chi connectivity index (χ0n) is 31.2. The van der Waals surface area contributed by atoms with Crippen LogP contribution in [0.25, 0.3) is 54.6 Å². The van der Waals surface area contributed by atoms with Gasteiger partial charge in [-0.3, -0.25) is 4.90 Å². The van der Waals surface area contributed by atoms with Gasteiger partial charge in [0.05, 0.1) is 33.9 Å². The first-order valence-electron chi connectivity index (χ1n) is 18.9. The van der Waals surface area contributed by atoms with Crippen LogP contribution in [0, 0.1) is 22.7 Å². The Balaban J connectivity index is 1.25. The SMILES string of the molecule is C/C=C\C=C\N(c1ccc(-c2ccccc2)cc1C#N)c1ccc2ccc3c(N(c4ccccn4)c4ccc(-c5ccccc5)cc4C#N)ccc4ccc1c2c43. The Hall–Kier alpha value is -7.99. The average Bonchev–Trinajstić information content (AvgIpc) is 3.28. The first-order valence-corrected chi connectivity index (χ1v) is 18.9. The van der Waals surface area contributed by atoms with Crippen LogP contribution >= 0.6 is 0 Å². The van der Waals surface area contributed by atoms with Crippen molar-refractivity contribution < 1.29 is 0 Å². The van der Waals surface area contributed by atoms with Crippen molar-refractivity contribution in [2.75, 3.05) is 9.80 Å². The largest absolute Gasteiger partial charge is 0.315 e. The first kappa shape index (κ1) is 34.8. The monoisotopic (exact) mass is 729 g/mol. The Bertz CT molecular complexity index is 3050. The van der Waals surface area contributed by atoms with E-state index in [-0.39, 0.29) is 0 Å². The van der Waals surface area contributed by atoms with Gasteiger partial charge in [0.2, 0.25) is 0 Å². The molecule has 0 amide bonds. The Morgan fingerprint density at radius 3 is 1.60 bits per heavy atom. The van der Waals surface area contributed by atoms with Crippen LogP contribution in [0.15, 0.2) is 194 Å². The van der Waals surface area contributed by atoms with Crippen molar-refractivity contribution in [1.29, 1.82) is 10.5 Å². The first-order chi connectivity index (χ1) is 28.2. The highest BCUT2D eigenvalue weighted by molar-refractivity contribution is 6.28. The van der Waals surface area contributed by atoms with E-state index in [1.807, 2.05) is 110 Å². The van der Waals surface area contributed by atoms with Crippen LogP contribution in [0.5, 0.6) is 0 Å². The van der Waals surface area contributed by atoms with Gasteiger partial charge < -0.3 is 4.90 Å². The van der Waals surface area contributed by atoms with E-state index in [4.69, 9.17) is 4.98 Å². The summed E-state index contributed by atoms with van der Waals surface area (Å²) >= 11 is 0. The smallest absolute Gasteiger partial charge is 0.137 e. The second kappa shape index (κ2) is 15.0. The number of rotatable bonds is 9. The molecular weight excluding hydrogens is 695 g/mol. The fourth-order valence-electron chi connectivity index (χ4n) is 7.85. The van der Waals surface area contributed by atoms with Crippen LogP contribution in [-0.2, 0) is 0 Å². The molecule has 268 valence electrons. The summed E-state index contributed by atoms with van der Waals surface area (Å²) in [5.74, 6) is 0.709. The summed E-state index contributed by atoms with van der Waals surface area (Å²) in [6.07, 6.45) is 9.80. The molecule has 9 aromatic rings. The maximum Gasteiger partial charge on any atom is 0.137 e. The van der Waals surface area contributed by atoms with Crippen LogP contribution in [-0.4, -0.2) is 4.98 Å². The number of pyridine rings is 1. The molecule has 0 unspecified atom stereocenters. The summed E-state index contributed by atoms with van der Waals surface area (Å²) in [4.78, 5) is 9.03. The molecule has 0 saturated heterocycles. The second-order valence-corrected chi connectivity index (χ2v) is 13.8. The lowest BCUT2D eigenvalue weighted by molar-refractivity contribution is 1.18. The van der Waals surface area contributed by atoms with E-state index < -0.39 is 0 Å². The molecule has 5 heteroatoms. The number of nitriles is 2. The highest BCUT2D eigenvalue weighted by Crippen LogP contribution is 2.47. The molecule has 0 radical (unpaired) electrons. The normalized spacial score (nSPS) is 11.4. The Morgan fingerprint density at radius 1 is 0.491 bits per heavy atom. The predicted molar refractivity (Wildman–Crippen MR) is 235 cm³/mol. The average molecular weight is 730 g/mol. The Morgan fingerprint density at radius 2 is 1.02 bits per heavy atom. The predicted octanol–water partition coefficient (Wildman–Crippen LogP) is 13.8. The standard InChI is InChI=1S/C52H35N5/c1-2-3-12-31-56(46-26-22-40(32-42(46)34-53)36-13-6-4-7-14-36)48-28-20-38-19-25-45-49(29-21-39-18-24-44(48)51(38)52(39)45)57(50-17-10-11-30-55-50)47-27-23-41(33-43(47)35-54)37-15-8-5-9-16-37/h2-33H,1H3/b3-2-,31-12+. The Labute approximate surface area is 331 Å². The molecule has 57 heavy (non-hydrogen) atoms. The maximum atomic E-state index is 10.6. The molecule has 0 bridgehead atoms. The maximum absolute atomic E-state index is 10.6. The molecule has 0 fully saturated rings. The van der Waals surface area contributed by atoms with Crippen molar-refractivity contribution in [2.24, 2.45) is 0 Å². The fraction of sp³-hybridized carbons (Fsp3) is 0.0192. The zero-order valence-corrected chi connectivity index (χ0v) is 31.2. The molecular formula is C52H35N5. The van der Waals surface area contributed by atoms with Gasteiger partial charge in [0.1, 0.15) is 18.0 Å². The molecule has 0 atom stereocenters. The van der Waals surface area contributed by atoms with Gasteiger partial charge in [0, 0.05) is 23.2 Å².